The smallest absolute Gasteiger partial charge is 0.410 e. The molecule has 1 aliphatic heterocycles. The van der Waals surface area contributed by atoms with E-state index in [9.17, 15) is 17.6 Å². The number of piperidine rings is 1. The number of rotatable bonds is 6. The minimum absolute atomic E-state index is 0.286. The van der Waals surface area contributed by atoms with Crippen molar-refractivity contribution in [2.75, 3.05) is 26.4 Å². The van der Waals surface area contributed by atoms with Crippen LogP contribution in [0.5, 0.6) is 5.75 Å². The number of nitrogens with zero attached hydrogens (tertiary/aromatic N) is 3. The lowest BCUT2D eigenvalue weighted by atomic mass is 10.0. The molecule has 0 bridgehead atoms. The van der Waals surface area contributed by atoms with Gasteiger partial charge in [-0.3, -0.25) is 9.88 Å². The molecule has 1 fully saturated rings. The lowest BCUT2D eigenvalue weighted by Crippen LogP contribution is -2.46. The summed E-state index contributed by atoms with van der Waals surface area (Å²) in [5.41, 5.74) is 2.71. The molecule has 1 aliphatic rings. The van der Waals surface area contributed by atoms with Gasteiger partial charge >= 0.3 is 6.09 Å². The van der Waals surface area contributed by atoms with E-state index >= 15 is 0 Å². The number of aromatic nitrogens is 1. The predicted octanol–water partition coefficient (Wildman–Crippen LogP) is 4.39. The van der Waals surface area contributed by atoms with E-state index in [2.05, 4.69) is 16.9 Å². The Balaban J connectivity index is 1.28. The molecule has 1 saturated heterocycles. The molecule has 0 atom stereocenters. The molecule has 2 aromatic carbocycles. The minimum atomic E-state index is -3.22. The molecule has 0 spiro atoms. The molecule has 0 radical (unpaired) electrons. The van der Waals surface area contributed by atoms with Gasteiger partial charge in [0.2, 0.25) is 0 Å². The summed E-state index contributed by atoms with van der Waals surface area (Å²) in [6, 6.07) is 16.4. The number of carbonyl (C=O) groups excluding carboxylic acids is 1. The van der Waals surface area contributed by atoms with E-state index < -0.39 is 15.9 Å². The Hall–Kier alpha value is -3.30. The van der Waals surface area contributed by atoms with Gasteiger partial charge in [-0.15, -0.1) is 0 Å². The number of hydrogen-bond donors (Lipinski definition) is 0. The summed E-state index contributed by atoms with van der Waals surface area (Å²) in [6.07, 6.45) is 4.27. The molecule has 2 heterocycles. The summed E-state index contributed by atoms with van der Waals surface area (Å²) >= 11 is 0. The maximum absolute atomic E-state index is 13.0. The molecule has 0 N–H and O–H groups in total. The number of ether oxygens (including phenoxy) is 1. The Labute approximate surface area is 205 Å². The molecule has 1 amide bonds. The predicted molar refractivity (Wildman–Crippen MR) is 131 cm³/mol. The third-order valence-electron chi connectivity index (χ3n) is 6.20. The molecule has 1 aromatic heterocycles. The van der Waals surface area contributed by atoms with Crippen molar-refractivity contribution in [3.8, 4) is 17.0 Å². The number of likely N-dealkylation sites (tertiary alicyclic amines) is 1. The highest BCUT2D eigenvalue weighted by Gasteiger charge is 2.26. The summed E-state index contributed by atoms with van der Waals surface area (Å²) in [6.45, 7) is 1.91. The largest absolute Gasteiger partial charge is 0.415 e. The number of pyridine rings is 1. The van der Waals surface area contributed by atoms with Crippen molar-refractivity contribution < 1.29 is 22.3 Å². The van der Waals surface area contributed by atoms with Crippen molar-refractivity contribution in [2.24, 2.45) is 0 Å². The Morgan fingerprint density at radius 1 is 1.06 bits per heavy atom. The molecule has 9 heteroatoms. The van der Waals surface area contributed by atoms with E-state index in [1.165, 1.54) is 30.5 Å². The van der Waals surface area contributed by atoms with Crippen LogP contribution >= 0.6 is 0 Å². The van der Waals surface area contributed by atoms with E-state index in [0.29, 0.717) is 24.9 Å². The second-order valence-corrected chi connectivity index (χ2v) is 10.8. The van der Waals surface area contributed by atoms with Crippen molar-refractivity contribution in [3.05, 3.63) is 78.2 Å². The molecule has 35 heavy (non-hydrogen) atoms. The zero-order valence-corrected chi connectivity index (χ0v) is 20.5. The van der Waals surface area contributed by atoms with Gasteiger partial charge in [0.05, 0.1) is 10.6 Å². The van der Waals surface area contributed by atoms with Crippen LogP contribution < -0.4 is 4.74 Å². The van der Waals surface area contributed by atoms with Gasteiger partial charge in [0.25, 0.3) is 0 Å². The van der Waals surface area contributed by atoms with Crippen LogP contribution in [0.25, 0.3) is 11.3 Å². The second kappa shape index (κ2) is 10.5. The Morgan fingerprint density at radius 3 is 2.29 bits per heavy atom. The fourth-order valence-corrected chi connectivity index (χ4v) is 4.77. The average molecular weight is 498 g/mol. The maximum atomic E-state index is 13.0. The standard InChI is InChI=1S/C26H28FN3O4S/c1-29(22-13-15-30(16-14-22)26(31)34-23-8-6-21(27)7-9-23)18-19-3-12-25(28-17-19)20-4-10-24(11-5-20)35(2,32)33/h3-12,17,22H,13-16,18H2,1-2H3. The van der Waals surface area contributed by atoms with Gasteiger partial charge < -0.3 is 9.64 Å². The zero-order chi connectivity index (χ0) is 25.0. The normalized spacial score (nSPS) is 14.8. The maximum Gasteiger partial charge on any atom is 0.415 e. The van der Waals surface area contributed by atoms with Crippen LogP contribution in [0.4, 0.5) is 9.18 Å². The highest BCUT2D eigenvalue weighted by molar-refractivity contribution is 7.90. The molecule has 4 rings (SSSR count). The lowest BCUT2D eigenvalue weighted by Gasteiger charge is -2.36. The third-order valence-corrected chi connectivity index (χ3v) is 7.33. The zero-order valence-electron chi connectivity index (χ0n) is 19.7. The van der Waals surface area contributed by atoms with Gasteiger partial charge in [0.1, 0.15) is 11.6 Å². The Bertz CT molecular complexity index is 1260. The number of amides is 1. The van der Waals surface area contributed by atoms with Crippen LogP contribution in [0.15, 0.2) is 71.8 Å². The number of sulfone groups is 1. The molecule has 0 unspecified atom stereocenters. The molecule has 7 nitrogen and oxygen atoms in total. The van der Waals surface area contributed by atoms with Crippen molar-refractivity contribution >= 4 is 15.9 Å². The van der Waals surface area contributed by atoms with Crippen LogP contribution in [0.1, 0.15) is 18.4 Å². The SMILES string of the molecule is CN(Cc1ccc(-c2ccc(S(C)(=O)=O)cc2)nc1)C1CCN(C(=O)Oc2ccc(F)cc2)CC1. The summed E-state index contributed by atoms with van der Waals surface area (Å²) in [5.74, 6) is -0.0420. The van der Waals surface area contributed by atoms with Gasteiger partial charge in [-0.25, -0.2) is 17.6 Å². The fraction of sp³-hybridized carbons (Fsp3) is 0.308. The van der Waals surface area contributed by atoms with E-state index in [0.717, 1.165) is 36.2 Å². The number of halogens is 1. The molecule has 0 saturated carbocycles. The minimum Gasteiger partial charge on any atom is -0.410 e. The quantitative estimate of drug-likeness (QED) is 0.503. The van der Waals surface area contributed by atoms with Crippen molar-refractivity contribution in [1.82, 2.24) is 14.8 Å². The van der Waals surface area contributed by atoms with Crippen molar-refractivity contribution in [2.45, 2.75) is 30.3 Å². The number of benzene rings is 2. The van der Waals surface area contributed by atoms with Gasteiger partial charge in [-0.1, -0.05) is 18.2 Å². The molecular formula is C26H28FN3O4S. The Morgan fingerprint density at radius 2 is 1.71 bits per heavy atom. The third kappa shape index (κ3) is 6.43. The van der Waals surface area contributed by atoms with Crippen LogP contribution in [0, 0.1) is 5.82 Å². The highest BCUT2D eigenvalue weighted by Crippen LogP contribution is 2.22. The van der Waals surface area contributed by atoms with E-state index in [1.807, 2.05) is 18.3 Å². The lowest BCUT2D eigenvalue weighted by molar-refractivity contribution is 0.107. The molecule has 3 aromatic rings. The van der Waals surface area contributed by atoms with Gasteiger partial charge in [0.15, 0.2) is 9.84 Å². The van der Waals surface area contributed by atoms with Crippen LogP contribution in [0.2, 0.25) is 0 Å². The molecular weight excluding hydrogens is 469 g/mol. The average Bonchev–Trinajstić information content (AvgIpc) is 2.85. The molecule has 184 valence electrons. The van der Waals surface area contributed by atoms with Crippen molar-refractivity contribution in [3.63, 3.8) is 0 Å². The second-order valence-electron chi connectivity index (χ2n) is 8.80. The first-order valence-corrected chi connectivity index (χ1v) is 13.3. The summed E-state index contributed by atoms with van der Waals surface area (Å²) in [5, 5.41) is 0. The fourth-order valence-electron chi connectivity index (χ4n) is 4.14. The van der Waals surface area contributed by atoms with E-state index in [-0.39, 0.29) is 10.7 Å². The first-order chi connectivity index (χ1) is 16.7. The molecule has 0 aliphatic carbocycles. The van der Waals surface area contributed by atoms with Crippen LogP contribution in [-0.2, 0) is 16.4 Å². The number of carbonyl (C=O) groups is 1. The monoisotopic (exact) mass is 497 g/mol. The summed E-state index contributed by atoms with van der Waals surface area (Å²) in [7, 11) is -1.16. The Kier molecular flexibility index (Phi) is 7.47. The highest BCUT2D eigenvalue weighted by atomic mass is 32.2. The summed E-state index contributed by atoms with van der Waals surface area (Å²) < 4.78 is 41.6. The first kappa shape index (κ1) is 24.8. The van der Waals surface area contributed by atoms with Crippen LogP contribution in [0.3, 0.4) is 0 Å². The van der Waals surface area contributed by atoms with E-state index in [4.69, 9.17) is 4.74 Å². The van der Waals surface area contributed by atoms with Gasteiger partial charge in [-0.05, 0) is 67.9 Å². The first-order valence-electron chi connectivity index (χ1n) is 11.4. The summed E-state index contributed by atoms with van der Waals surface area (Å²) in [4.78, 5) is 21.2. The van der Waals surface area contributed by atoms with E-state index in [1.54, 1.807) is 29.2 Å². The topological polar surface area (TPSA) is 79.8 Å². The van der Waals surface area contributed by atoms with Gasteiger partial charge in [0, 0.05) is 43.7 Å². The van der Waals surface area contributed by atoms with Crippen LogP contribution in [-0.4, -0.2) is 61.7 Å². The van der Waals surface area contributed by atoms with Gasteiger partial charge in [-0.2, -0.15) is 0 Å². The number of hydrogen-bond acceptors (Lipinski definition) is 6. The van der Waals surface area contributed by atoms with Crippen molar-refractivity contribution in [1.29, 1.82) is 0 Å².